The van der Waals surface area contributed by atoms with E-state index in [0.29, 0.717) is 18.5 Å². The summed E-state index contributed by atoms with van der Waals surface area (Å²) in [6.07, 6.45) is 4.05. The Morgan fingerprint density at radius 2 is 1.57 bits per heavy atom. The zero-order valence-electron chi connectivity index (χ0n) is 13.8. The average Bonchev–Trinajstić information content (AvgIpc) is 2.37. The molecule has 0 bridgehead atoms. The zero-order valence-corrected chi connectivity index (χ0v) is 14.6. The lowest BCUT2D eigenvalue weighted by atomic mass is 9.59. The molecule has 1 amide bonds. The van der Waals surface area contributed by atoms with Crippen molar-refractivity contribution in [2.45, 2.75) is 53.4 Å². The fraction of sp³-hybridized carbons (Fsp3) is 0.938. The van der Waals surface area contributed by atoms with Crippen LogP contribution >= 0.6 is 0 Å². The Bertz CT molecular complexity index is 482. The molecule has 0 radical (unpaired) electrons. The summed E-state index contributed by atoms with van der Waals surface area (Å²) in [5, 5.41) is 0. The van der Waals surface area contributed by atoms with Gasteiger partial charge in [0.25, 0.3) is 0 Å². The van der Waals surface area contributed by atoms with E-state index in [4.69, 9.17) is 0 Å². The Morgan fingerprint density at radius 3 is 2.00 bits per heavy atom. The molecule has 2 fully saturated rings. The molecule has 0 atom stereocenters. The molecule has 1 aliphatic heterocycles. The first-order chi connectivity index (χ1) is 9.54. The number of carbonyl (C=O) groups is 1. The topological polar surface area (TPSA) is 54.5 Å². The predicted molar refractivity (Wildman–Crippen MR) is 84.8 cm³/mol. The molecule has 21 heavy (non-hydrogen) atoms. The highest BCUT2D eigenvalue weighted by molar-refractivity contribution is 7.91. The van der Waals surface area contributed by atoms with Gasteiger partial charge in [-0.2, -0.15) is 0 Å². The lowest BCUT2D eigenvalue weighted by molar-refractivity contribution is -0.137. The molecule has 1 aliphatic carbocycles. The standard InChI is InChI=1S/C16H29NO3S/c1-15(2,3)16(4)7-5-13(6-8-16)14(18)17-9-11-21(19,20)12-10-17/h13H,5-12H2,1-4H3. The van der Waals surface area contributed by atoms with Gasteiger partial charge in [-0.3, -0.25) is 4.79 Å². The monoisotopic (exact) mass is 315 g/mol. The van der Waals surface area contributed by atoms with E-state index in [1.54, 1.807) is 4.90 Å². The van der Waals surface area contributed by atoms with Crippen LogP contribution in [0, 0.1) is 16.7 Å². The molecule has 1 saturated carbocycles. The highest BCUT2D eigenvalue weighted by atomic mass is 32.2. The maximum Gasteiger partial charge on any atom is 0.225 e. The third kappa shape index (κ3) is 3.61. The van der Waals surface area contributed by atoms with Gasteiger partial charge in [-0.05, 0) is 36.5 Å². The van der Waals surface area contributed by atoms with Crippen LogP contribution in [-0.4, -0.2) is 43.8 Å². The van der Waals surface area contributed by atoms with Crippen LogP contribution in [0.2, 0.25) is 0 Å². The molecule has 1 heterocycles. The third-order valence-corrected chi connectivity index (χ3v) is 7.51. The molecule has 0 aromatic heterocycles. The zero-order chi connectivity index (χ0) is 15.9. The van der Waals surface area contributed by atoms with E-state index in [-0.39, 0.29) is 28.7 Å². The molecule has 0 spiro atoms. The van der Waals surface area contributed by atoms with Crippen LogP contribution in [0.1, 0.15) is 53.4 Å². The molecule has 0 aromatic rings. The summed E-state index contributed by atoms with van der Waals surface area (Å²) >= 11 is 0. The Labute approximate surface area is 129 Å². The first-order valence-electron chi connectivity index (χ1n) is 8.03. The fourth-order valence-corrected chi connectivity index (χ4v) is 4.64. The smallest absolute Gasteiger partial charge is 0.225 e. The summed E-state index contributed by atoms with van der Waals surface area (Å²) in [4.78, 5) is 14.3. The predicted octanol–water partition coefficient (Wildman–Crippen LogP) is 2.49. The molecular weight excluding hydrogens is 286 g/mol. The van der Waals surface area contributed by atoms with Crippen molar-refractivity contribution in [2.24, 2.45) is 16.7 Å². The summed E-state index contributed by atoms with van der Waals surface area (Å²) in [7, 11) is -2.91. The van der Waals surface area contributed by atoms with E-state index in [2.05, 4.69) is 27.7 Å². The van der Waals surface area contributed by atoms with Gasteiger partial charge in [-0.25, -0.2) is 8.42 Å². The number of carbonyl (C=O) groups excluding carboxylic acids is 1. The molecule has 4 nitrogen and oxygen atoms in total. The maximum absolute atomic E-state index is 12.6. The van der Waals surface area contributed by atoms with E-state index in [1.165, 1.54) is 0 Å². The SMILES string of the molecule is CC(C)(C)C1(C)CCC(C(=O)N2CCS(=O)(=O)CC2)CC1. The third-order valence-electron chi connectivity index (χ3n) is 5.91. The Kier molecular flexibility index (Phi) is 4.45. The minimum atomic E-state index is -2.91. The molecule has 0 unspecified atom stereocenters. The first-order valence-corrected chi connectivity index (χ1v) is 9.85. The Morgan fingerprint density at radius 1 is 1.10 bits per heavy atom. The second-order valence-electron chi connectivity index (χ2n) is 8.06. The minimum Gasteiger partial charge on any atom is -0.340 e. The molecule has 2 rings (SSSR count). The number of sulfone groups is 1. The van der Waals surface area contributed by atoms with Crippen LogP contribution in [0.5, 0.6) is 0 Å². The summed E-state index contributed by atoms with van der Waals surface area (Å²) in [6.45, 7) is 9.95. The normalized spacial score (nSPS) is 33.7. The van der Waals surface area contributed by atoms with Crippen molar-refractivity contribution in [1.82, 2.24) is 4.90 Å². The molecule has 5 heteroatoms. The largest absolute Gasteiger partial charge is 0.340 e. The number of hydrogen-bond acceptors (Lipinski definition) is 3. The molecule has 2 aliphatic rings. The van der Waals surface area contributed by atoms with Crippen molar-refractivity contribution >= 4 is 15.7 Å². The van der Waals surface area contributed by atoms with Gasteiger partial charge in [0.2, 0.25) is 5.91 Å². The van der Waals surface area contributed by atoms with E-state index >= 15 is 0 Å². The van der Waals surface area contributed by atoms with Crippen molar-refractivity contribution in [3.8, 4) is 0 Å². The van der Waals surface area contributed by atoms with E-state index < -0.39 is 9.84 Å². The lowest BCUT2D eigenvalue weighted by Gasteiger charge is -2.47. The summed E-state index contributed by atoms with van der Waals surface area (Å²) in [6, 6.07) is 0. The van der Waals surface area contributed by atoms with Crippen LogP contribution < -0.4 is 0 Å². The highest BCUT2D eigenvalue weighted by Gasteiger charge is 2.42. The van der Waals surface area contributed by atoms with Gasteiger partial charge in [-0.15, -0.1) is 0 Å². The molecule has 0 N–H and O–H groups in total. The fourth-order valence-electron chi connectivity index (χ4n) is 3.44. The highest BCUT2D eigenvalue weighted by Crippen LogP contribution is 2.50. The van der Waals surface area contributed by atoms with E-state index in [9.17, 15) is 13.2 Å². The number of hydrogen-bond donors (Lipinski definition) is 0. The maximum atomic E-state index is 12.6. The van der Waals surface area contributed by atoms with Gasteiger partial charge < -0.3 is 4.90 Å². The van der Waals surface area contributed by atoms with E-state index in [1.807, 2.05) is 0 Å². The average molecular weight is 315 g/mol. The quantitative estimate of drug-likeness (QED) is 0.747. The molecular formula is C16H29NO3S. The van der Waals surface area contributed by atoms with Gasteiger partial charge in [0, 0.05) is 19.0 Å². The van der Waals surface area contributed by atoms with Crippen molar-refractivity contribution in [2.75, 3.05) is 24.6 Å². The molecule has 1 saturated heterocycles. The van der Waals surface area contributed by atoms with Crippen molar-refractivity contribution < 1.29 is 13.2 Å². The summed E-state index contributed by atoms with van der Waals surface area (Å²) in [5.74, 6) is 0.540. The van der Waals surface area contributed by atoms with Gasteiger partial charge in [0.15, 0.2) is 9.84 Å². The number of rotatable bonds is 1. The summed E-state index contributed by atoms with van der Waals surface area (Å²) < 4.78 is 22.9. The van der Waals surface area contributed by atoms with Gasteiger partial charge >= 0.3 is 0 Å². The summed E-state index contributed by atoms with van der Waals surface area (Å²) in [5.41, 5.74) is 0.565. The van der Waals surface area contributed by atoms with Gasteiger partial charge in [-0.1, -0.05) is 27.7 Å². The number of nitrogens with zero attached hydrogens (tertiary/aromatic N) is 1. The van der Waals surface area contributed by atoms with Crippen molar-refractivity contribution in [3.63, 3.8) is 0 Å². The first kappa shape index (κ1) is 16.8. The van der Waals surface area contributed by atoms with Gasteiger partial charge in [0.1, 0.15) is 0 Å². The van der Waals surface area contributed by atoms with Crippen LogP contribution in [0.15, 0.2) is 0 Å². The molecule has 0 aromatic carbocycles. The minimum absolute atomic E-state index is 0.0984. The van der Waals surface area contributed by atoms with Crippen molar-refractivity contribution in [1.29, 1.82) is 0 Å². The van der Waals surface area contributed by atoms with Crippen molar-refractivity contribution in [3.05, 3.63) is 0 Å². The Balaban J connectivity index is 1.92. The van der Waals surface area contributed by atoms with Crippen LogP contribution in [0.3, 0.4) is 0 Å². The van der Waals surface area contributed by atoms with Crippen LogP contribution in [0.25, 0.3) is 0 Å². The Hall–Kier alpha value is -0.580. The molecule has 122 valence electrons. The second kappa shape index (κ2) is 5.56. The number of amides is 1. The second-order valence-corrected chi connectivity index (χ2v) is 10.4. The van der Waals surface area contributed by atoms with Crippen LogP contribution in [-0.2, 0) is 14.6 Å². The van der Waals surface area contributed by atoms with Gasteiger partial charge in [0.05, 0.1) is 11.5 Å². The lowest BCUT2D eigenvalue weighted by Crippen LogP contribution is -2.47. The van der Waals surface area contributed by atoms with Crippen LogP contribution in [0.4, 0.5) is 0 Å². The van der Waals surface area contributed by atoms with E-state index in [0.717, 1.165) is 25.7 Å².